The molecule has 0 aromatic heterocycles. The van der Waals surface area contributed by atoms with Gasteiger partial charge in [0.05, 0.1) is 11.4 Å². The molecule has 1 amide bonds. The summed E-state index contributed by atoms with van der Waals surface area (Å²) in [6.45, 7) is 1.33. The highest BCUT2D eigenvalue weighted by molar-refractivity contribution is 7.89. The minimum atomic E-state index is -4.04. The highest BCUT2D eigenvalue weighted by Crippen LogP contribution is 2.34. The maximum atomic E-state index is 13.4. The van der Waals surface area contributed by atoms with Crippen LogP contribution < -0.4 is 14.8 Å². The number of fused-ring (bicyclic) bond motifs is 1. The van der Waals surface area contributed by atoms with E-state index >= 15 is 0 Å². The van der Waals surface area contributed by atoms with Gasteiger partial charge in [-0.3, -0.25) is 4.79 Å². The van der Waals surface area contributed by atoms with Crippen LogP contribution in [-0.2, 0) is 21.4 Å². The summed E-state index contributed by atoms with van der Waals surface area (Å²) in [6, 6.07) is 16.2. The number of aryl methyl sites for hydroxylation is 1. The number of carbonyl (C=O) groups is 1. The van der Waals surface area contributed by atoms with Crippen molar-refractivity contribution in [2.75, 3.05) is 18.7 Å². The van der Waals surface area contributed by atoms with Crippen molar-refractivity contribution in [2.45, 2.75) is 18.4 Å². The van der Waals surface area contributed by atoms with Gasteiger partial charge in [0.25, 0.3) is 0 Å². The van der Waals surface area contributed by atoms with Crippen LogP contribution in [0.4, 0.5) is 5.69 Å². The summed E-state index contributed by atoms with van der Waals surface area (Å²) >= 11 is 12.6. The number of ether oxygens (including phenoxy) is 2. The summed E-state index contributed by atoms with van der Waals surface area (Å²) < 4.78 is 38.5. The van der Waals surface area contributed by atoms with Crippen molar-refractivity contribution in [3.63, 3.8) is 0 Å². The number of halogens is 2. The lowest BCUT2D eigenvalue weighted by Crippen LogP contribution is -2.37. The van der Waals surface area contributed by atoms with E-state index in [1.54, 1.807) is 48.5 Å². The van der Waals surface area contributed by atoms with Gasteiger partial charge in [0, 0.05) is 33.9 Å². The van der Waals surface area contributed by atoms with E-state index in [2.05, 4.69) is 5.32 Å². The maximum absolute atomic E-state index is 13.4. The lowest BCUT2D eigenvalue weighted by Gasteiger charge is -2.23. The zero-order valence-electron chi connectivity index (χ0n) is 17.5. The standard InChI is InChI=1S/C23H20Cl2N2O5S/c1-15-5-8-17(9-6-15)33(29,30)27(12-18-19(24)3-2-4-20(18)25)13-23(28)26-16-7-10-21-22(11-16)32-14-31-21/h2-11H,12-14H2,1H3,(H,26,28). The lowest BCUT2D eigenvalue weighted by atomic mass is 10.2. The number of amides is 1. The Balaban J connectivity index is 1.62. The minimum Gasteiger partial charge on any atom is -0.454 e. The topological polar surface area (TPSA) is 84.9 Å². The van der Waals surface area contributed by atoms with Crippen molar-refractivity contribution >= 4 is 44.8 Å². The van der Waals surface area contributed by atoms with Crippen molar-refractivity contribution in [3.05, 3.63) is 81.8 Å². The molecule has 4 rings (SSSR count). The normalized spacial score (nSPS) is 12.7. The Bertz CT molecular complexity index is 1280. The Morgan fingerprint density at radius 2 is 1.67 bits per heavy atom. The van der Waals surface area contributed by atoms with E-state index in [-0.39, 0.29) is 18.2 Å². The number of sulfonamides is 1. The van der Waals surface area contributed by atoms with Crippen LogP contribution in [0.3, 0.4) is 0 Å². The molecule has 0 fully saturated rings. The van der Waals surface area contributed by atoms with Crippen molar-refractivity contribution in [3.8, 4) is 11.5 Å². The molecule has 0 atom stereocenters. The Hall–Kier alpha value is -2.78. The molecule has 1 N–H and O–H groups in total. The van der Waals surface area contributed by atoms with Crippen molar-refractivity contribution in [2.24, 2.45) is 0 Å². The fraction of sp³-hybridized carbons (Fsp3) is 0.174. The third-order valence-corrected chi connectivity index (χ3v) is 7.55. The van der Waals surface area contributed by atoms with Crippen LogP contribution in [0, 0.1) is 6.92 Å². The summed E-state index contributed by atoms with van der Waals surface area (Å²) in [5, 5.41) is 3.32. The largest absolute Gasteiger partial charge is 0.454 e. The van der Waals surface area contributed by atoms with Gasteiger partial charge in [-0.15, -0.1) is 0 Å². The van der Waals surface area contributed by atoms with Gasteiger partial charge in [0.1, 0.15) is 0 Å². The average Bonchev–Trinajstić information content (AvgIpc) is 3.23. The van der Waals surface area contributed by atoms with Gasteiger partial charge in [-0.05, 0) is 43.3 Å². The Labute approximate surface area is 201 Å². The fourth-order valence-electron chi connectivity index (χ4n) is 3.28. The Morgan fingerprint density at radius 1 is 1.00 bits per heavy atom. The van der Waals surface area contributed by atoms with E-state index in [1.165, 1.54) is 12.1 Å². The van der Waals surface area contributed by atoms with Gasteiger partial charge in [-0.25, -0.2) is 8.42 Å². The van der Waals surface area contributed by atoms with Gasteiger partial charge < -0.3 is 14.8 Å². The van der Waals surface area contributed by atoms with Gasteiger partial charge in [-0.1, -0.05) is 47.0 Å². The van der Waals surface area contributed by atoms with E-state index in [0.717, 1.165) is 9.87 Å². The molecule has 0 saturated heterocycles. The lowest BCUT2D eigenvalue weighted by molar-refractivity contribution is -0.116. The molecule has 172 valence electrons. The van der Waals surface area contributed by atoms with Crippen LogP contribution in [-0.4, -0.2) is 32.0 Å². The zero-order chi connectivity index (χ0) is 23.6. The molecule has 10 heteroatoms. The van der Waals surface area contributed by atoms with Crippen molar-refractivity contribution in [1.82, 2.24) is 4.31 Å². The molecule has 0 aliphatic carbocycles. The average molecular weight is 507 g/mol. The highest BCUT2D eigenvalue weighted by atomic mass is 35.5. The number of rotatable bonds is 7. The van der Waals surface area contributed by atoms with E-state index < -0.39 is 22.5 Å². The number of nitrogens with zero attached hydrogens (tertiary/aromatic N) is 1. The maximum Gasteiger partial charge on any atom is 0.243 e. The molecule has 1 aliphatic heterocycles. The predicted molar refractivity (Wildman–Crippen MR) is 126 cm³/mol. The monoisotopic (exact) mass is 506 g/mol. The molecule has 3 aromatic carbocycles. The first kappa shape index (κ1) is 23.4. The third kappa shape index (κ3) is 5.25. The molecule has 0 bridgehead atoms. The number of nitrogens with one attached hydrogen (secondary N) is 1. The fourth-order valence-corrected chi connectivity index (χ4v) is 5.16. The molecule has 0 radical (unpaired) electrons. The van der Waals surface area contributed by atoms with Gasteiger partial charge in [-0.2, -0.15) is 4.31 Å². The second-order valence-electron chi connectivity index (χ2n) is 7.40. The molecule has 3 aromatic rings. The van der Waals surface area contributed by atoms with Crippen LogP contribution in [0.1, 0.15) is 11.1 Å². The van der Waals surface area contributed by atoms with Crippen LogP contribution in [0.5, 0.6) is 11.5 Å². The van der Waals surface area contributed by atoms with E-state index in [9.17, 15) is 13.2 Å². The van der Waals surface area contributed by atoms with Crippen LogP contribution in [0.2, 0.25) is 10.0 Å². The number of anilines is 1. The first-order valence-electron chi connectivity index (χ1n) is 9.93. The quantitative estimate of drug-likeness (QED) is 0.494. The molecule has 7 nitrogen and oxygen atoms in total. The molecule has 1 aliphatic rings. The molecular weight excluding hydrogens is 487 g/mol. The molecule has 1 heterocycles. The van der Waals surface area contributed by atoms with Crippen LogP contribution in [0.25, 0.3) is 0 Å². The summed E-state index contributed by atoms with van der Waals surface area (Å²) in [5.41, 5.74) is 1.77. The molecule has 0 unspecified atom stereocenters. The SMILES string of the molecule is Cc1ccc(S(=O)(=O)N(CC(=O)Nc2ccc3c(c2)OCO3)Cc2c(Cl)cccc2Cl)cc1. The van der Waals surface area contributed by atoms with Gasteiger partial charge >= 0.3 is 0 Å². The smallest absolute Gasteiger partial charge is 0.243 e. The molecule has 0 spiro atoms. The Morgan fingerprint density at radius 3 is 2.36 bits per heavy atom. The first-order chi connectivity index (χ1) is 15.7. The summed E-state index contributed by atoms with van der Waals surface area (Å²) in [5.74, 6) is 0.539. The second-order valence-corrected chi connectivity index (χ2v) is 10.2. The van der Waals surface area contributed by atoms with Crippen molar-refractivity contribution < 1.29 is 22.7 Å². The summed E-state index contributed by atoms with van der Waals surface area (Å²) in [7, 11) is -4.04. The molecular formula is C23H20Cl2N2O5S. The molecule has 0 saturated carbocycles. The highest BCUT2D eigenvalue weighted by Gasteiger charge is 2.28. The van der Waals surface area contributed by atoms with Crippen LogP contribution >= 0.6 is 23.2 Å². The van der Waals surface area contributed by atoms with E-state index in [4.69, 9.17) is 32.7 Å². The van der Waals surface area contributed by atoms with Crippen LogP contribution in [0.15, 0.2) is 65.6 Å². The van der Waals surface area contributed by atoms with Gasteiger partial charge in [0.2, 0.25) is 22.7 Å². The summed E-state index contributed by atoms with van der Waals surface area (Å²) in [4.78, 5) is 12.9. The van der Waals surface area contributed by atoms with E-state index in [0.29, 0.717) is 32.8 Å². The minimum absolute atomic E-state index is 0.0622. The number of benzene rings is 3. The zero-order valence-corrected chi connectivity index (χ0v) is 19.9. The number of hydrogen-bond acceptors (Lipinski definition) is 5. The second kappa shape index (κ2) is 9.61. The van der Waals surface area contributed by atoms with E-state index in [1.807, 2.05) is 6.92 Å². The first-order valence-corrected chi connectivity index (χ1v) is 12.1. The molecule has 33 heavy (non-hydrogen) atoms. The van der Waals surface area contributed by atoms with Crippen molar-refractivity contribution in [1.29, 1.82) is 0 Å². The predicted octanol–water partition coefficient (Wildman–Crippen LogP) is 4.86. The third-order valence-electron chi connectivity index (χ3n) is 5.03. The number of carbonyl (C=O) groups excluding carboxylic acids is 1. The Kier molecular flexibility index (Phi) is 6.81. The number of hydrogen-bond donors (Lipinski definition) is 1. The summed E-state index contributed by atoms with van der Waals surface area (Å²) in [6.07, 6.45) is 0. The van der Waals surface area contributed by atoms with Gasteiger partial charge in [0.15, 0.2) is 11.5 Å².